The Kier molecular flexibility index (Phi) is 4.69. The molecule has 0 aromatic heterocycles. The van der Waals surface area contributed by atoms with Crippen LogP contribution in [0.5, 0.6) is 0 Å². The smallest absolute Gasteiger partial charge is 0.309 e. The number of benzene rings is 1. The molecule has 1 amide bonds. The molecule has 4 nitrogen and oxygen atoms in total. The van der Waals surface area contributed by atoms with Crippen LogP contribution < -0.4 is 5.32 Å². The Morgan fingerprint density at radius 3 is 2.24 bits per heavy atom. The van der Waals surface area contributed by atoms with Crippen LogP contribution >= 0.6 is 0 Å². The maximum absolute atomic E-state index is 11.7. The maximum Gasteiger partial charge on any atom is 0.309 e. The maximum atomic E-state index is 11.7. The van der Waals surface area contributed by atoms with Crippen molar-refractivity contribution in [1.82, 2.24) is 0 Å². The number of ether oxygens (including phenoxy) is 1. The zero-order valence-corrected chi connectivity index (χ0v) is 10.3. The lowest BCUT2D eigenvalue weighted by Gasteiger charge is -2.14. The van der Waals surface area contributed by atoms with Gasteiger partial charge in [-0.25, -0.2) is 0 Å². The number of hydrogen-bond acceptors (Lipinski definition) is 3. The Bertz CT molecular complexity index is 387. The summed E-state index contributed by atoms with van der Waals surface area (Å²) >= 11 is 0. The minimum atomic E-state index is -0.787. The molecule has 0 radical (unpaired) electrons. The number of carbonyl (C=O) groups is 2. The van der Waals surface area contributed by atoms with Gasteiger partial charge in [0, 0.05) is 5.69 Å². The van der Waals surface area contributed by atoms with E-state index < -0.39 is 6.10 Å². The highest BCUT2D eigenvalue weighted by Gasteiger charge is 2.19. The zero-order valence-electron chi connectivity index (χ0n) is 10.3. The molecule has 1 N–H and O–H groups in total. The number of rotatable bonds is 4. The number of carbonyl (C=O) groups excluding carboxylic acids is 2. The summed E-state index contributed by atoms with van der Waals surface area (Å²) in [5.41, 5.74) is 0.685. The van der Waals surface area contributed by atoms with Crippen molar-refractivity contribution in [3.63, 3.8) is 0 Å². The quantitative estimate of drug-likeness (QED) is 0.814. The fourth-order valence-corrected chi connectivity index (χ4v) is 1.13. The minimum Gasteiger partial charge on any atom is -0.452 e. The van der Waals surface area contributed by atoms with Crippen LogP contribution in [0.2, 0.25) is 0 Å². The van der Waals surface area contributed by atoms with E-state index in [2.05, 4.69) is 5.32 Å². The van der Waals surface area contributed by atoms with Gasteiger partial charge in [-0.1, -0.05) is 32.0 Å². The van der Waals surface area contributed by atoms with Crippen molar-refractivity contribution >= 4 is 17.6 Å². The predicted molar refractivity (Wildman–Crippen MR) is 65.5 cm³/mol. The first-order valence-electron chi connectivity index (χ1n) is 5.57. The average molecular weight is 235 g/mol. The van der Waals surface area contributed by atoms with Gasteiger partial charge in [0.2, 0.25) is 0 Å². The van der Waals surface area contributed by atoms with Crippen LogP contribution in [0.4, 0.5) is 5.69 Å². The Morgan fingerprint density at radius 2 is 1.71 bits per heavy atom. The highest BCUT2D eigenvalue weighted by molar-refractivity contribution is 5.95. The SMILES string of the molecule is CC(C)C(=O)O[C@H](C)C(=O)Nc1ccccc1. The van der Waals surface area contributed by atoms with Crippen molar-refractivity contribution in [2.45, 2.75) is 26.9 Å². The molecular weight excluding hydrogens is 218 g/mol. The minimum absolute atomic E-state index is 0.234. The number of nitrogens with one attached hydrogen (secondary N) is 1. The molecule has 0 saturated carbocycles. The molecule has 1 atom stereocenters. The van der Waals surface area contributed by atoms with Gasteiger partial charge in [0.15, 0.2) is 6.10 Å². The topological polar surface area (TPSA) is 55.4 Å². The van der Waals surface area contributed by atoms with Crippen molar-refractivity contribution in [1.29, 1.82) is 0 Å². The van der Waals surface area contributed by atoms with E-state index in [1.54, 1.807) is 32.9 Å². The normalized spacial score (nSPS) is 12.0. The fourth-order valence-electron chi connectivity index (χ4n) is 1.13. The lowest BCUT2D eigenvalue weighted by Crippen LogP contribution is -2.31. The van der Waals surface area contributed by atoms with E-state index in [0.717, 1.165) is 0 Å². The Hall–Kier alpha value is -1.84. The van der Waals surface area contributed by atoms with Gasteiger partial charge in [0.1, 0.15) is 0 Å². The van der Waals surface area contributed by atoms with Crippen LogP contribution in [0.3, 0.4) is 0 Å². The summed E-state index contributed by atoms with van der Waals surface area (Å²) < 4.78 is 4.99. The Labute approximate surface area is 101 Å². The molecule has 17 heavy (non-hydrogen) atoms. The van der Waals surface area contributed by atoms with Crippen molar-refractivity contribution in [2.75, 3.05) is 5.32 Å². The lowest BCUT2D eigenvalue weighted by molar-refractivity contribution is -0.156. The van der Waals surface area contributed by atoms with Crippen LogP contribution in [0.25, 0.3) is 0 Å². The van der Waals surface area contributed by atoms with Gasteiger partial charge < -0.3 is 10.1 Å². The molecule has 1 aromatic carbocycles. The molecule has 4 heteroatoms. The standard InChI is InChI=1S/C13H17NO3/c1-9(2)13(16)17-10(3)12(15)14-11-7-5-4-6-8-11/h4-10H,1-3H3,(H,14,15)/t10-/m1/s1. The first-order chi connectivity index (χ1) is 8.00. The summed E-state index contributed by atoms with van der Waals surface area (Å²) in [5, 5.41) is 2.67. The molecule has 1 aromatic rings. The van der Waals surface area contributed by atoms with Crippen molar-refractivity contribution < 1.29 is 14.3 Å². The summed E-state index contributed by atoms with van der Waals surface area (Å²) in [6.45, 7) is 5.01. The molecule has 0 aliphatic rings. The average Bonchev–Trinajstić information content (AvgIpc) is 2.29. The van der Waals surface area contributed by atoms with E-state index in [1.807, 2.05) is 18.2 Å². The first kappa shape index (κ1) is 13.2. The second-order valence-corrected chi connectivity index (χ2v) is 4.09. The highest BCUT2D eigenvalue weighted by Crippen LogP contribution is 2.07. The molecule has 92 valence electrons. The second-order valence-electron chi connectivity index (χ2n) is 4.09. The molecule has 0 aliphatic heterocycles. The van der Waals surface area contributed by atoms with Crippen LogP contribution in [0.1, 0.15) is 20.8 Å². The fraction of sp³-hybridized carbons (Fsp3) is 0.385. The van der Waals surface area contributed by atoms with Crippen LogP contribution in [-0.4, -0.2) is 18.0 Å². The predicted octanol–water partition coefficient (Wildman–Crippen LogP) is 2.21. The summed E-state index contributed by atoms with van der Waals surface area (Å²) in [4.78, 5) is 23.0. The largest absolute Gasteiger partial charge is 0.452 e. The Morgan fingerprint density at radius 1 is 1.12 bits per heavy atom. The molecule has 0 spiro atoms. The molecule has 0 fully saturated rings. The third-order valence-electron chi connectivity index (χ3n) is 2.17. The monoisotopic (exact) mass is 235 g/mol. The number of anilines is 1. The molecule has 1 rings (SSSR count). The van der Waals surface area contributed by atoms with Gasteiger partial charge in [-0.2, -0.15) is 0 Å². The van der Waals surface area contributed by atoms with E-state index in [9.17, 15) is 9.59 Å². The molecule has 0 unspecified atom stereocenters. The number of esters is 1. The highest BCUT2D eigenvalue weighted by atomic mass is 16.5. The molecule has 0 heterocycles. The van der Waals surface area contributed by atoms with E-state index in [4.69, 9.17) is 4.74 Å². The van der Waals surface area contributed by atoms with Crippen LogP contribution in [0, 0.1) is 5.92 Å². The third-order valence-corrected chi connectivity index (χ3v) is 2.17. The summed E-state index contributed by atoms with van der Waals surface area (Å²) in [7, 11) is 0. The summed E-state index contributed by atoms with van der Waals surface area (Å²) in [5.74, 6) is -0.937. The molecule has 0 bridgehead atoms. The van der Waals surface area contributed by atoms with Crippen molar-refractivity contribution in [3.8, 4) is 0 Å². The molecule has 0 aliphatic carbocycles. The van der Waals surface area contributed by atoms with Gasteiger partial charge in [-0.05, 0) is 19.1 Å². The lowest BCUT2D eigenvalue weighted by atomic mass is 10.2. The molecular formula is C13H17NO3. The van der Waals surface area contributed by atoms with E-state index in [-0.39, 0.29) is 17.8 Å². The summed E-state index contributed by atoms with van der Waals surface area (Å²) in [6.07, 6.45) is -0.787. The van der Waals surface area contributed by atoms with E-state index >= 15 is 0 Å². The number of para-hydroxylation sites is 1. The van der Waals surface area contributed by atoms with Crippen LogP contribution in [-0.2, 0) is 14.3 Å². The van der Waals surface area contributed by atoms with Gasteiger partial charge >= 0.3 is 5.97 Å². The summed E-state index contributed by atoms with van der Waals surface area (Å²) in [6, 6.07) is 9.04. The van der Waals surface area contributed by atoms with E-state index in [1.165, 1.54) is 0 Å². The zero-order chi connectivity index (χ0) is 12.8. The number of hydrogen-bond donors (Lipinski definition) is 1. The van der Waals surface area contributed by atoms with Crippen molar-refractivity contribution in [3.05, 3.63) is 30.3 Å². The Balaban J connectivity index is 2.51. The van der Waals surface area contributed by atoms with Crippen molar-refractivity contribution in [2.24, 2.45) is 5.92 Å². The van der Waals surface area contributed by atoms with Gasteiger partial charge in [0.25, 0.3) is 5.91 Å². The van der Waals surface area contributed by atoms with E-state index in [0.29, 0.717) is 5.69 Å². The van der Waals surface area contributed by atoms with Gasteiger partial charge in [-0.15, -0.1) is 0 Å². The molecule has 0 saturated heterocycles. The number of amides is 1. The first-order valence-corrected chi connectivity index (χ1v) is 5.57. The van der Waals surface area contributed by atoms with Gasteiger partial charge in [0.05, 0.1) is 5.92 Å². The second kappa shape index (κ2) is 6.03. The van der Waals surface area contributed by atoms with Crippen LogP contribution in [0.15, 0.2) is 30.3 Å². The third kappa shape index (κ3) is 4.26. The van der Waals surface area contributed by atoms with Gasteiger partial charge in [-0.3, -0.25) is 9.59 Å².